The summed E-state index contributed by atoms with van der Waals surface area (Å²) < 4.78 is 0. The summed E-state index contributed by atoms with van der Waals surface area (Å²) in [6.45, 7) is 4.32. The monoisotopic (exact) mass is 379 g/mol. The van der Waals surface area contributed by atoms with E-state index in [1.54, 1.807) is 0 Å². The first kappa shape index (κ1) is 19.9. The Balaban J connectivity index is 1.49. The van der Waals surface area contributed by atoms with E-state index in [0.29, 0.717) is 6.54 Å². The van der Waals surface area contributed by atoms with E-state index >= 15 is 0 Å². The number of hydrogen-bond acceptors (Lipinski definition) is 3. The summed E-state index contributed by atoms with van der Waals surface area (Å²) in [6, 6.07) is 18.1. The van der Waals surface area contributed by atoms with E-state index in [0.717, 1.165) is 31.6 Å². The Kier molecular flexibility index (Phi) is 7.06. The Bertz CT molecular complexity index is 768. The molecular formula is C23H29N3O2. The van der Waals surface area contributed by atoms with Crippen LogP contribution >= 0.6 is 0 Å². The first-order valence-electron chi connectivity index (χ1n) is 10.1. The molecule has 1 heterocycles. The molecule has 0 spiro atoms. The molecule has 1 saturated heterocycles. The lowest BCUT2D eigenvalue weighted by Gasteiger charge is -2.23. The number of amides is 2. The molecule has 1 fully saturated rings. The molecule has 1 aliphatic heterocycles. The van der Waals surface area contributed by atoms with Crippen LogP contribution in [-0.4, -0.2) is 38.0 Å². The number of nitrogens with one attached hydrogen (secondary N) is 1. The highest BCUT2D eigenvalue weighted by Crippen LogP contribution is 2.24. The second-order valence-corrected chi connectivity index (χ2v) is 7.25. The Hall–Kier alpha value is -2.82. The fourth-order valence-corrected chi connectivity index (χ4v) is 3.57. The van der Waals surface area contributed by atoms with Gasteiger partial charge in [0.15, 0.2) is 0 Å². The summed E-state index contributed by atoms with van der Waals surface area (Å²) in [5, 5.41) is 2.92. The normalized spacial score (nSPS) is 13.4. The van der Waals surface area contributed by atoms with Crippen LogP contribution in [0.5, 0.6) is 0 Å². The minimum Gasteiger partial charge on any atom is -0.372 e. The standard InChI is InChI=1S/C23H29N3O2/c1-19(27)26(22-13-11-21(12-14-22)25-16-5-6-17-25)18-23(28)24-15-7-10-20-8-3-2-4-9-20/h2-4,8-9,11-14H,5-7,10,15-18H2,1H3,(H,24,28). The minimum absolute atomic E-state index is 0.0454. The summed E-state index contributed by atoms with van der Waals surface area (Å²) in [7, 11) is 0. The van der Waals surface area contributed by atoms with Crippen molar-refractivity contribution in [3.8, 4) is 0 Å². The SMILES string of the molecule is CC(=O)N(CC(=O)NCCCc1ccccc1)c1ccc(N2CCCC2)cc1. The van der Waals surface area contributed by atoms with Gasteiger partial charge in [0.1, 0.15) is 6.54 Å². The largest absolute Gasteiger partial charge is 0.372 e. The van der Waals surface area contributed by atoms with Gasteiger partial charge < -0.3 is 15.1 Å². The van der Waals surface area contributed by atoms with Crippen molar-refractivity contribution in [1.29, 1.82) is 0 Å². The molecule has 28 heavy (non-hydrogen) atoms. The molecule has 3 rings (SSSR count). The lowest BCUT2D eigenvalue weighted by Crippen LogP contribution is -2.40. The maximum Gasteiger partial charge on any atom is 0.240 e. The van der Waals surface area contributed by atoms with Crippen LogP contribution in [0.1, 0.15) is 31.7 Å². The Morgan fingerprint density at radius 3 is 2.32 bits per heavy atom. The van der Waals surface area contributed by atoms with E-state index in [-0.39, 0.29) is 18.4 Å². The van der Waals surface area contributed by atoms with Crippen LogP contribution in [0.4, 0.5) is 11.4 Å². The van der Waals surface area contributed by atoms with Crippen LogP contribution in [0, 0.1) is 0 Å². The summed E-state index contributed by atoms with van der Waals surface area (Å²) in [5.41, 5.74) is 3.20. The first-order valence-corrected chi connectivity index (χ1v) is 10.1. The van der Waals surface area contributed by atoms with E-state index in [1.165, 1.54) is 35.9 Å². The Morgan fingerprint density at radius 1 is 1.00 bits per heavy atom. The van der Waals surface area contributed by atoms with E-state index in [2.05, 4.69) is 22.3 Å². The van der Waals surface area contributed by atoms with Gasteiger partial charge in [0, 0.05) is 37.9 Å². The van der Waals surface area contributed by atoms with Gasteiger partial charge in [-0.15, -0.1) is 0 Å². The third-order valence-electron chi connectivity index (χ3n) is 5.12. The van der Waals surface area contributed by atoms with Gasteiger partial charge in [0.05, 0.1) is 0 Å². The summed E-state index contributed by atoms with van der Waals surface area (Å²) in [5.74, 6) is -0.264. The van der Waals surface area contributed by atoms with Crippen molar-refractivity contribution < 1.29 is 9.59 Å². The molecule has 2 aromatic rings. The van der Waals surface area contributed by atoms with Crippen LogP contribution < -0.4 is 15.1 Å². The molecule has 2 aromatic carbocycles. The van der Waals surface area contributed by atoms with Crippen molar-refractivity contribution in [3.63, 3.8) is 0 Å². The van der Waals surface area contributed by atoms with Crippen molar-refractivity contribution in [2.45, 2.75) is 32.6 Å². The third kappa shape index (κ3) is 5.59. The van der Waals surface area contributed by atoms with Crippen molar-refractivity contribution in [1.82, 2.24) is 5.32 Å². The van der Waals surface area contributed by atoms with Gasteiger partial charge in [0.2, 0.25) is 11.8 Å². The molecular weight excluding hydrogens is 350 g/mol. The molecule has 0 saturated carbocycles. The highest BCUT2D eigenvalue weighted by atomic mass is 16.2. The van der Waals surface area contributed by atoms with Crippen molar-refractivity contribution in [2.75, 3.05) is 36.0 Å². The zero-order valence-corrected chi connectivity index (χ0v) is 16.6. The number of hydrogen-bond donors (Lipinski definition) is 1. The molecule has 148 valence electrons. The third-order valence-corrected chi connectivity index (χ3v) is 5.12. The van der Waals surface area contributed by atoms with Gasteiger partial charge in [0.25, 0.3) is 0 Å². The zero-order chi connectivity index (χ0) is 19.8. The zero-order valence-electron chi connectivity index (χ0n) is 16.6. The number of nitrogens with zero attached hydrogens (tertiary/aromatic N) is 2. The van der Waals surface area contributed by atoms with Gasteiger partial charge >= 0.3 is 0 Å². The minimum atomic E-state index is -0.133. The van der Waals surface area contributed by atoms with E-state index in [1.807, 2.05) is 42.5 Å². The van der Waals surface area contributed by atoms with Crippen molar-refractivity contribution in [2.24, 2.45) is 0 Å². The average molecular weight is 380 g/mol. The van der Waals surface area contributed by atoms with E-state index in [9.17, 15) is 9.59 Å². The fraction of sp³-hybridized carbons (Fsp3) is 0.391. The quantitative estimate of drug-likeness (QED) is 0.716. The molecule has 5 nitrogen and oxygen atoms in total. The van der Waals surface area contributed by atoms with Gasteiger partial charge in [-0.1, -0.05) is 30.3 Å². The van der Waals surface area contributed by atoms with Crippen molar-refractivity contribution in [3.05, 3.63) is 60.2 Å². The fourth-order valence-electron chi connectivity index (χ4n) is 3.57. The average Bonchev–Trinajstić information content (AvgIpc) is 3.25. The second kappa shape index (κ2) is 9.93. The molecule has 0 radical (unpaired) electrons. The molecule has 0 atom stereocenters. The summed E-state index contributed by atoms with van der Waals surface area (Å²) >= 11 is 0. The number of carbonyl (C=O) groups is 2. The number of carbonyl (C=O) groups excluding carboxylic acids is 2. The van der Waals surface area contributed by atoms with Crippen LogP contribution in [0.15, 0.2) is 54.6 Å². The second-order valence-electron chi connectivity index (χ2n) is 7.25. The van der Waals surface area contributed by atoms with Crippen molar-refractivity contribution >= 4 is 23.2 Å². The number of anilines is 2. The smallest absolute Gasteiger partial charge is 0.240 e. The molecule has 1 N–H and O–H groups in total. The van der Waals surface area contributed by atoms with E-state index < -0.39 is 0 Å². The molecule has 0 aromatic heterocycles. The van der Waals surface area contributed by atoms with Crippen LogP contribution in [0.2, 0.25) is 0 Å². The van der Waals surface area contributed by atoms with E-state index in [4.69, 9.17) is 0 Å². The highest BCUT2D eigenvalue weighted by Gasteiger charge is 2.17. The highest BCUT2D eigenvalue weighted by molar-refractivity contribution is 5.97. The van der Waals surface area contributed by atoms with Gasteiger partial charge in [-0.25, -0.2) is 0 Å². The topological polar surface area (TPSA) is 52.7 Å². The number of benzene rings is 2. The molecule has 0 aliphatic carbocycles. The summed E-state index contributed by atoms with van der Waals surface area (Å²) in [4.78, 5) is 28.3. The Labute approximate surface area is 167 Å². The molecule has 2 amide bonds. The lowest BCUT2D eigenvalue weighted by atomic mass is 10.1. The molecule has 0 bridgehead atoms. The predicted molar refractivity (Wildman–Crippen MR) is 114 cm³/mol. The van der Waals surface area contributed by atoms with Gasteiger partial charge in [-0.2, -0.15) is 0 Å². The van der Waals surface area contributed by atoms with Crippen LogP contribution in [0.3, 0.4) is 0 Å². The summed E-state index contributed by atoms with van der Waals surface area (Å²) in [6.07, 6.45) is 4.26. The number of rotatable bonds is 8. The first-order chi connectivity index (χ1) is 13.6. The van der Waals surface area contributed by atoms with Gasteiger partial charge in [-0.05, 0) is 55.5 Å². The van der Waals surface area contributed by atoms with Gasteiger partial charge in [-0.3, -0.25) is 9.59 Å². The number of aryl methyl sites for hydroxylation is 1. The molecule has 1 aliphatic rings. The van der Waals surface area contributed by atoms with Crippen LogP contribution in [-0.2, 0) is 16.0 Å². The molecule has 5 heteroatoms. The lowest BCUT2D eigenvalue weighted by molar-refractivity contribution is -0.123. The Morgan fingerprint density at radius 2 is 1.68 bits per heavy atom. The predicted octanol–water partition coefficient (Wildman–Crippen LogP) is 3.39. The maximum atomic E-state index is 12.3. The molecule has 0 unspecified atom stereocenters. The maximum absolute atomic E-state index is 12.3. The van der Waals surface area contributed by atoms with Crippen LogP contribution in [0.25, 0.3) is 0 Å².